The number of halogens is 1. The van der Waals surface area contributed by atoms with Crippen molar-refractivity contribution in [3.63, 3.8) is 0 Å². The lowest BCUT2D eigenvalue weighted by molar-refractivity contribution is -0.194. The minimum Gasteiger partial charge on any atom is -0.457 e. The van der Waals surface area contributed by atoms with E-state index >= 15 is 0 Å². The summed E-state index contributed by atoms with van der Waals surface area (Å²) in [5.41, 5.74) is 1.74. The van der Waals surface area contributed by atoms with Crippen molar-refractivity contribution < 1.29 is 14.6 Å². The van der Waals surface area contributed by atoms with Crippen LogP contribution in [0, 0.1) is 5.92 Å². The van der Waals surface area contributed by atoms with Gasteiger partial charge in [-0.3, -0.25) is 9.78 Å². The smallest absolute Gasteiger partial charge is 0.311 e. The SMILES string of the molecule is O=C1O[C@@H]2[C@@H]3[C@@H]([C@@H]1C[C@H]2O)N(c1ccc(Cl)cc1)C(=S)N3Cc1ccccn1. The summed E-state index contributed by atoms with van der Waals surface area (Å²) in [5, 5.41) is 11.8. The fourth-order valence-electron chi connectivity index (χ4n) is 4.61. The fraction of sp³-hybridized carbons (Fsp3) is 0.350. The molecule has 1 N–H and O–H groups in total. The Hall–Kier alpha value is -2.22. The summed E-state index contributed by atoms with van der Waals surface area (Å²) in [4.78, 5) is 21.0. The maximum absolute atomic E-state index is 12.5. The van der Waals surface area contributed by atoms with E-state index in [1.54, 1.807) is 6.20 Å². The first-order valence-corrected chi connectivity index (χ1v) is 9.97. The molecule has 4 aliphatic rings. The number of anilines is 1. The van der Waals surface area contributed by atoms with E-state index in [4.69, 9.17) is 28.6 Å². The summed E-state index contributed by atoms with van der Waals surface area (Å²) in [6, 6.07) is 12.7. The third-order valence-electron chi connectivity index (χ3n) is 5.80. The summed E-state index contributed by atoms with van der Waals surface area (Å²) in [6.45, 7) is 0.485. The number of rotatable bonds is 3. The second kappa shape index (κ2) is 6.69. The number of esters is 1. The maximum Gasteiger partial charge on any atom is 0.311 e. The summed E-state index contributed by atoms with van der Waals surface area (Å²) in [5.74, 6) is -0.703. The van der Waals surface area contributed by atoms with Crippen LogP contribution in [0.1, 0.15) is 12.1 Å². The molecule has 6 rings (SSSR count). The van der Waals surface area contributed by atoms with Gasteiger partial charge in [0, 0.05) is 16.9 Å². The van der Waals surface area contributed by atoms with Gasteiger partial charge in [-0.15, -0.1) is 0 Å². The zero-order valence-corrected chi connectivity index (χ0v) is 16.4. The monoisotopic (exact) mass is 415 g/mol. The van der Waals surface area contributed by atoms with Crippen LogP contribution in [0.4, 0.5) is 5.69 Å². The van der Waals surface area contributed by atoms with Crippen LogP contribution in [0.25, 0.3) is 0 Å². The van der Waals surface area contributed by atoms with Gasteiger partial charge in [0.15, 0.2) is 5.11 Å². The molecule has 3 aliphatic heterocycles. The summed E-state index contributed by atoms with van der Waals surface area (Å²) < 4.78 is 5.57. The second-order valence-electron chi connectivity index (χ2n) is 7.37. The molecule has 1 aliphatic carbocycles. The number of hydrogen-bond acceptors (Lipinski definition) is 5. The number of aliphatic hydroxyl groups excluding tert-OH is 1. The molecule has 28 heavy (non-hydrogen) atoms. The molecular formula is C20H18ClN3O3S. The van der Waals surface area contributed by atoms with Crippen LogP contribution in [-0.4, -0.2) is 50.4 Å². The molecule has 0 amide bonds. The van der Waals surface area contributed by atoms with Crippen molar-refractivity contribution in [3.8, 4) is 0 Å². The van der Waals surface area contributed by atoms with Gasteiger partial charge in [-0.25, -0.2) is 0 Å². The molecule has 3 saturated heterocycles. The highest BCUT2D eigenvalue weighted by molar-refractivity contribution is 7.80. The molecule has 0 spiro atoms. The molecule has 5 atom stereocenters. The first-order valence-electron chi connectivity index (χ1n) is 9.18. The quantitative estimate of drug-likeness (QED) is 0.609. The molecule has 1 aromatic carbocycles. The lowest BCUT2D eigenvalue weighted by atomic mass is 9.74. The van der Waals surface area contributed by atoms with Crippen molar-refractivity contribution in [2.24, 2.45) is 5.92 Å². The van der Waals surface area contributed by atoms with E-state index in [-0.39, 0.29) is 18.1 Å². The molecule has 8 heteroatoms. The minimum atomic E-state index is -0.692. The zero-order valence-electron chi connectivity index (χ0n) is 14.8. The standard InChI is InChI=1S/C20H18ClN3O3S/c21-11-4-6-13(7-5-11)24-16-14-9-15(25)18(27-19(14)26)17(16)23(20(24)28)10-12-3-1-2-8-22-12/h1-8,14-18,25H,9-10H2/t14-,15+,16+,17-,18-/m0/s1. The molecule has 144 valence electrons. The highest BCUT2D eigenvalue weighted by Gasteiger charge is 2.63. The second-order valence-corrected chi connectivity index (χ2v) is 8.17. The number of aliphatic hydroxyl groups is 1. The van der Waals surface area contributed by atoms with Gasteiger partial charge in [0.2, 0.25) is 0 Å². The van der Waals surface area contributed by atoms with Gasteiger partial charge >= 0.3 is 5.97 Å². The van der Waals surface area contributed by atoms with Crippen molar-refractivity contribution >= 4 is 40.6 Å². The van der Waals surface area contributed by atoms with Crippen LogP contribution >= 0.6 is 23.8 Å². The maximum atomic E-state index is 12.5. The molecule has 6 nitrogen and oxygen atoms in total. The molecular weight excluding hydrogens is 398 g/mol. The van der Waals surface area contributed by atoms with E-state index in [1.165, 1.54) is 0 Å². The summed E-state index contributed by atoms with van der Waals surface area (Å²) in [7, 11) is 0. The lowest BCUT2D eigenvalue weighted by Gasteiger charge is -2.49. The molecule has 4 fully saturated rings. The number of fused-ring (bicyclic) bond motifs is 2. The van der Waals surface area contributed by atoms with Gasteiger partial charge in [-0.05, 0) is 55.0 Å². The third-order valence-corrected chi connectivity index (χ3v) is 6.48. The Balaban J connectivity index is 1.58. The van der Waals surface area contributed by atoms with E-state index in [0.717, 1.165) is 11.4 Å². The Morgan fingerprint density at radius 3 is 2.71 bits per heavy atom. The Morgan fingerprint density at radius 1 is 1.21 bits per heavy atom. The van der Waals surface area contributed by atoms with E-state index in [1.807, 2.05) is 52.3 Å². The normalized spacial score (nSPS) is 31.1. The average Bonchev–Trinajstić information content (AvgIpc) is 2.98. The number of carbonyl (C=O) groups is 1. The number of hydrogen-bond donors (Lipinski definition) is 1. The average molecular weight is 416 g/mol. The van der Waals surface area contributed by atoms with Gasteiger partial charge < -0.3 is 19.6 Å². The van der Waals surface area contributed by atoms with Gasteiger partial charge in [0.1, 0.15) is 6.10 Å². The van der Waals surface area contributed by atoms with Gasteiger partial charge in [0.25, 0.3) is 0 Å². The van der Waals surface area contributed by atoms with Gasteiger partial charge in [-0.2, -0.15) is 0 Å². The molecule has 0 unspecified atom stereocenters. The van der Waals surface area contributed by atoms with Crippen molar-refractivity contribution in [1.29, 1.82) is 0 Å². The van der Waals surface area contributed by atoms with E-state index in [9.17, 15) is 9.90 Å². The van der Waals surface area contributed by atoms with Gasteiger partial charge in [0.05, 0.1) is 36.3 Å². The number of pyridine rings is 1. The molecule has 4 heterocycles. The fourth-order valence-corrected chi connectivity index (χ4v) is 5.15. The number of carbonyl (C=O) groups excluding carboxylic acids is 1. The van der Waals surface area contributed by atoms with Crippen LogP contribution in [0.5, 0.6) is 0 Å². The molecule has 1 aromatic heterocycles. The number of ether oxygens (including phenoxy) is 1. The number of benzene rings is 1. The summed E-state index contributed by atoms with van der Waals surface area (Å²) in [6.07, 6.45) is 0.823. The topological polar surface area (TPSA) is 65.9 Å². The van der Waals surface area contributed by atoms with Crippen LogP contribution in [-0.2, 0) is 16.1 Å². The third kappa shape index (κ3) is 2.69. The Bertz CT molecular complexity index is 926. The highest BCUT2D eigenvalue weighted by atomic mass is 35.5. The predicted octanol–water partition coefficient (Wildman–Crippen LogP) is 2.39. The van der Waals surface area contributed by atoms with E-state index in [0.29, 0.717) is 23.1 Å². The van der Waals surface area contributed by atoms with Gasteiger partial charge in [-0.1, -0.05) is 17.7 Å². The Kier molecular flexibility index (Phi) is 4.26. The van der Waals surface area contributed by atoms with Crippen LogP contribution in [0.15, 0.2) is 48.7 Å². The number of nitrogens with zero attached hydrogens (tertiary/aromatic N) is 3. The molecule has 2 aromatic rings. The minimum absolute atomic E-state index is 0.188. The van der Waals surface area contributed by atoms with E-state index < -0.39 is 18.1 Å². The number of thiocarbonyl (C=S) groups is 1. The predicted molar refractivity (Wildman–Crippen MR) is 108 cm³/mol. The lowest BCUT2D eigenvalue weighted by Crippen LogP contribution is -2.66. The molecule has 0 radical (unpaired) electrons. The van der Waals surface area contributed by atoms with E-state index in [2.05, 4.69) is 4.98 Å². The highest BCUT2D eigenvalue weighted by Crippen LogP contribution is 2.46. The van der Waals surface area contributed by atoms with Crippen LogP contribution < -0.4 is 4.90 Å². The number of aromatic nitrogens is 1. The first-order chi connectivity index (χ1) is 13.5. The molecule has 2 bridgehead atoms. The van der Waals surface area contributed by atoms with Crippen LogP contribution in [0.2, 0.25) is 5.02 Å². The zero-order chi connectivity index (χ0) is 19.4. The largest absolute Gasteiger partial charge is 0.457 e. The van der Waals surface area contributed by atoms with Crippen molar-refractivity contribution in [1.82, 2.24) is 9.88 Å². The van der Waals surface area contributed by atoms with Crippen molar-refractivity contribution in [2.75, 3.05) is 4.90 Å². The first kappa shape index (κ1) is 17.8. The van der Waals surface area contributed by atoms with Crippen molar-refractivity contribution in [2.45, 2.75) is 37.3 Å². The van der Waals surface area contributed by atoms with Crippen LogP contribution in [0.3, 0.4) is 0 Å². The van der Waals surface area contributed by atoms with Crippen molar-refractivity contribution in [3.05, 3.63) is 59.4 Å². The Labute approximate surface area is 172 Å². The Morgan fingerprint density at radius 2 is 2.00 bits per heavy atom. The molecule has 1 saturated carbocycles. The summed E-state index contributed by atoms with van der Waals surface area (Å²) >= 11 is 11.9.